The first-order valence-corrected chi connectivity index (χ1v) is 11.2. The molecule has 0 spiro atoms. The van der Waals surface area contributed by atoms with Gasteiger partial charge in [0, 0.05) is 31.7 Å². The number of nitrogens with one attached hydrogen (secondary N) is 2. The largest absolute Gasteiger partial charge is 0.379 e. The summed E-state index contributed by atoms with van der Waals surface area (Å²) in [5.74, 6) is 1.96. The molecule has 1 fully saturated rings. The Balaban J connectivity index is 1.61. The SMILES string of the molecule is C#CCNS(=O)(=O)c1ccc(C(=O)NCc2ccccc2CN2CCOCC2)cc1. The number of ether oxygens (including phenoxy) is 1. The molecule has 0 unspecified atom stereocenters. The molecule has 1 aliphatic heterocycles. The van der Waals surface area contributed by atoms with Crippen molar-refractivity contribution in [2.45, 2.75) is 18.0 Å². The molecule has 2 aromatic carbocycles. The molecule has 0 bridgehead atoms. The van der Waals surface area contributed by atoms with Gasteiger partial charge in [0.1, 0.15) is 0 Å². The standard InChI is InChI=1S/C22H25N3O4S/c1-2-11-24-30(27,28)21-9-7-18(8-10-21)22(26)23-16-19-5-3-4-6-20(19)17-25-12-14-29-15-13-25/h1,3-10,24H,11-17H2,(H,23,26). The lowest BCUT2D eigenvalue weighted by Crippen LogP contribution is -2.36. The number of sulfonamides is 1. The second kappa shape index (κ2) is 10.4. The van der Waals surface area contributed by atoms with E-state index >= 15 is 0 Å². The van der Waals surface area contributed by atoms with Crippen LogP contribution >= 0.6 is 0 Å². The molecule has 1 heterocycles. The lowest BCUT2D eigenvalue weighted by atomic mass is 10.1. The highest BCUT2D eigenvalue weighted by Gasteiger charge is 2.15. The first-order valence-electron chi connectivity index (χ1n) is 9.68. The van der Waals surface area contributed by atoms with Crippen molar-refractivity contribution in [1.82, 2.24) is 14.9 Å². The van der Waals surface area contributed by atoms with Crippen LogP contribution < -0.4 is 10.0 Å². The molecule has 8 heteroatoms. The van der Waals surface area contributed by atoms with Gasteiger partial charge in [-0.3, -0.25) is 9.69 Å². The van der Waals surface area contributed by atoms with Crippen molar-refractivity contribution in [3.63, 3.8) is 0 Å². The van der Waals surface area contributed by atoms with Gasteiger partial charge in [-0.05, 0) is 35.4 Å². The predicted octanol–water partition coefficient (Wildman–Crippen LogP) is 1.36. The minimum atomic E-state index is -3.68. The van der Waals surface area contributed by atoms with Crippen LogP contribution in [0.2, 0.25) is 0 Å². The normalized spacial score (nSPS) is 14.8. The molecule has 2 aromatic rings. The van der Waals surface area contributed by atoms with Crippen LogP contribution in [0.15, 0.2) is 53.4 Å². The van der Waals surface area contributed by atoms with Gasteiger partial charge in [-0.1, -0.05) is 30.2 Å². The van der Waals surface area contributed by atoms with Crippen molar-refractivity contribution in [1.29, 1.82) is 0 Å². The lowest BCUT2D eigenvalue weighted by Gasteiger charge is -2.27. The topological polar surface area (TPSA) is 87.7 Å². The van der Waals surface area contributed by atoms with Gasteiger partial charge in [-0.15, -0.1) is 6.42 Å². The fourth-order valence-corrected chi connectivity index (χ4v) is 4.10. The van der Waals surface area contributed by atoms with E-state index < -0.39 is 10.0 Å². The van der Waals surface area contributed by atoms with E-state index in [9.17, 15) is 13.2 Å². The summed E-state index contributed by atoms with van der Waals surface area (Å²) in [5.41, 5.74) is 2.60. The van der Waals surface area contributed by atoms with Crippen molar-refractivity contribution >= 4 is 15.9 Å². The molecule has 0 saturated carbocycles. The van der Waals surface area contributed by atoms with E-state index in [1.165, 1.54) is 29.8 Å². The summed E-state index contributed by atoms with van der Waals surface area (Å²) in [4.78, 5) is 14.9. The molecule has 158 valence electrons. The predicted molar refractivity (Wildman–Crippen MR) is 114 cm³/mol. The molecule has 0 radical (unpaired) electrons. The zero-order valence-electron chi connectivity index (χ0n) is 16.6. The Labute approximate surface area is 177 Å². The van der Waals surface area contributed by atoms with E-state index in [-0.39, 0.29) is 17.3 Å². The third-order valence-corrected chi connectivity index (χ3v) is 6.26. The number of rotatable bonds is 8. The van der Waals surface area contributed by atoms with E-state index in [0.717, 1.165) is 38.4 Å². The summed E-state index contributed by atoms with van der Waals surface area (Å²) in [5, 5.41) is 2.91. The van der Waals surface area contributed by atoms with Crippen molar-refractivity contribution in [3.8, 4) is 12.3 Å². The maximum atomic E-state index is 12.5. The van der Waals surface area contributed by atoms with Crippen LogP contribution in [0.25, 0.3) is 0 Å². The minimum absolute atomic E-state index is 0.0603. The monoisotopic (exact) mass is 427 g/mol. The van der Waals surface area contributed by atoms with Crippen molar-refractivity contribution in [3.05, 3.63) is 65.2 Å². The quantitative estimate of drug-likeness (QED) is 0.621. The number of morpholine rings is 1. The molecule has 0 atom stereocenters. The van der Waals surface area contributed by atoms with Crippen molar-refractivity contribution in [2.75, 3.05) is 32.8 Å². The Morgan fingerprint density at radius 3 is 2.40 bits per heavy atom. The average Bonchev–Trinajstić information content (AvgIpc) is 2.78. The van der Waals surface area contributed by atoms with Crippen LogP contribution in [-0.4, -0.2) is 52.1 Å². The smallest absolute Gasteiger partial charge is 0.251 e. The number of hydrogen-bond donors (Lipinski definition) is 2. The van der Waals surface area contributed by atoms with Crippen LogP contribution in [0.3, 0.4) is 0 Å². The average molecular weight is 428 g/mol. The number of carbonyl (C=O) groups is 1. The summed E-state index contributed by atoms with van der Waals surface area (Å²) < 4.78 is 31.8. The Morgan fingerprint density at radius 1 is 1.07 bits per heavy atom. The van der Waals surface area contributed by atoms with E-state index in [1.807, 2.05) is 18.2 Å². The van der Waals surface area contributed by atoms with E-state index in [1.54, 1.807) is 0 Å². The lowest BCUT2D eigenvalue weighted by molar-refractivity contribution is 0.0340. The highest BCUT2D eigenvalue weighted by atomic mass is 32.2. The van der Waals surface area contributed by atoms with Gasteiger partial charge in [-0.25, -0.2) is 8.42 Å². The highest BCUT2D eigenvalue weighted by Crippen LogP contribution is 2.14. The summed E-state index contributed by atoms with van der Waals surface area (Å²) in [6.07, 6.45) is 5.08. The van der Waals surface area contributed by atoms with Crippen LogP contribution in [0.1, 0.15) is 21.5 Å². The van der Waals surface area contributed by atoms with Gasteiger partial charge in [0.05, 0.1) is 24.7 Å². The van der Waals surface area contributed by atoms with Gasteiger partial charge >= 0.3 is 0 Å². The van der Waals surface area contributed by atoms with Gasteiger partial charge < -0.3 is 10.1 Å². The van der Waals surface area contributed by atoms with Crippen LogP contribution in [0.5, 0.6) is 0 Å². The zero-order valence-corrected chi connectivity index (χ0v) is 17.5. The Hall–Kier alpha value is -2.70. The molecular weight excluding hydrogens is 402 g/mol. The molecule has 7 nitrogen and oxygen atoms in total. The molecule has 1 saturated heterocycles. The molecule has 3 rings (SSSR count). The fraction of sp³-hybridized carbons (Fsp3) is 0.318. The fourth-order valence-electron chi connectivity index (χ4n) is 3.17. The second-order valence-corrected chi connectivity index (χ2v) is 8.66. The van der Waals surface area contributed by atoms with Crippen molar-refractivity contribution in [2.24, 2.45) is 0 Å². The maximum Gasteiger partial charge on any atom is 0.251 e. The Kier molecular flexibility index (Phi) is 7.60. The third-order valence-electron chi connectivity index (χ3n) is 4.85. The minimum Gasteiger partial charge on any atom is -0.379 e. The Bertz CT molecular complexity index is 1010. The molecule has 1 amide bonds. The third kappa shape index (κ3) is 5.90. The summed E-state index contributed by atoms with van der Waals surface area (Å²) in [7, 11) is -3.68. The van der Waals surface area contributed by atoms with Gasteiger partial charge in [0.2, 0.25) is 10.0 Å². The summed E-state index contributed by atoms with van der Waals surface area (Å²) in [6, 6.07) is 13.8. The molecule has 1 aliphatic rings. The highest BCUT2D eigenvalue weighted by molar-refractivity contribution is 7.89. The van der Waals surface area contributed by atoms with E-state index in [4.69, 9.17) is 11.2 Å². The first-order chi connectivity index (χ1) is 14.5. The van der Waals surface area contributed by atoms with Gasteiger partial charge in [-0.2, -0.15) is 4.72 Å². The van der Waals surface area contributed by atoms with Gasteiger partial charge in [0.15, 0.2) is 0 Å². The number of nitrogens with zero attached hydrogens (tertiary/aromatic N) is 1. The Morgan fingerprint density at radius 2 is 1.73 bits per heavy atom. The molecule has 0 aliphatic carbocycles. The summed E-state index contributed by atoms with van der Waals surface area (Å²) in [6.45, 7) is 4.38. The van der Waals surface area contributed by atoms with Crippen molar-refractivity contribution < 1.29 is 17.9 Å². The van der Waals surface area contributed by atoms with E-state index in [2.05, 4.69) is 26.9 Å². The number of terminal acetylenes is 1. The van der Waals surface area contributed by atoms with Crippen LogP contribution in [-0.2, 0) is 27.8 Å². The molecule has 0 aromatic heterocycles. The van der Waals surface area contributed by atoms with E-state index in [0.29, 0.717) is 12.1 Å². The zero-order chi connectivity index (χ0) is 21.4. The van der Waals surface area contributed by atoms with Crippen LogP contribution in [0, 0.1) is 12.3 Å². The number of hydrogen-bond acceptors (Lipinski definition) is 5. The molecular formula is C22H25N3O4S. The second-order valence-electron chi connectivity index (χ2n) is 6.89. The number of benzene rings is 2. The first kappa shape index (κ1) is 22.0. The molecule has 2 N–H and O–H groups in total. The van der Waals surface area contributed by atoms with Gasteiger partial charge in [0.25, 0.3) is 5.91 Å². The number of carbonyl (C=O) groups excluding carboxylic acids is 1. The molecule has 30 heavy (non-hydrogen) atoms. The number of amides is 1. The maximum absolute atomic E-state index is 12.5. The van der Waals surface area contributed by atoms with Crippen LogP contribution in [0.4, 0.5) is 0 Å². The summed E-state index contributed by atoms with van der Waals surface area (Å²) >= 11 is 0.